The van der Waals surface area contributed by atoms with E-state index < -0.39 is 6.04 Å². The third-order valence-corrected chi connectivity index (χ3v) is 6.94. The zero-order valence-electron chi connectivity index (χ0n) is 20.0. The van der Waals surface area contributed by atoms with E-state index in [-0.39, 0.29) is 5.91 Å². The molecule has 1 aliphatic rings. The number of fused-ring (bicyclic) bond motifs is 1. The molecule has 34 heavy (non-hydrogen) atoms. The van der Waals surface area contributed by atoms with E-state index >= 15 is 0 Å². The van der Waals surface area contributed by atoms with Crippen LogP contribution in [0.1, 0.15) is 41.1 Å². The zero-order chi connectivity index (χ0) is 23.7. The highest BCUT2D eigenvalue weighted by atomic mass is 16.2. The second kappa shape index (κ2) is 9.34. The predicted molar refractivity (Wildman–Crippen MR) is 136 cm³/mol. The number of nitrogens with one attached hydrogen (secondary N) is 1. The maximum atomic E-state index is 13.8. The maximum absolute atomic E-state index is 13.8. The summed E-state index contributed by atoms with van der Waals surface area (Å²) in [5.74, 6) is 0.120. The number of likely N-dealkylation sites (tertiary alicyclic amines) is 1. The number of carbonyl (C=O) groups excluding carboxylic acids is 1. The molecule has 0 spiro atoms. The van der Waals surface area contributed by atoms with E-state index in [1.165, 1.54) is 11.1 Å². The van der Waals surface area contributed by atoms with E-state index in [0.717, 1.165) is 48.1 Å². The van der Waals surface area contributed by atoms with Gasteiger partial charge in [0.1, 0.15) is 6.04 Å². The number of hydrogen-bond acceptors (Lipinski definition) is 2. The average molecular weight is 453 g/mol. The largest absolute Gasteiger partial charge is 0.341 e. The van der Waals surface area contributed by atoms with Gasteiger partial charge in [0.25, 0.3) is 0 Å². The Morgan fingerprint density at radius 1 is 0.824 bits per heavy atom. The molecular formula is C29H32N4O. The van der Waals surface area contributed by atoms with Crippen LogP contribution >= 0.6 is 0 Å². The molecule has 4 aromatic rings. The van der Waals surface area contributed by atoms with Gasteiger partial charge >= 0.3 is 0 Å². The Morgan fingerprint density at radius 3 is 2.00 bits per heavy atom. The molecule has 1 aromatic heterocycles. The van der Waals surface area contributed by atoms with Crippen LogP contribution in [-0.4, -0.2) is 33.0 Å². The zero-order valence-corrected chi connectivity index (χ0v) is 20.0. The number of carbonyl (C=O) groups is 1. The second-order valence-corrected chi connectivity index (χ2v) is 9.49. The van der Waals surface area contributed by atoms with Crippen LogP contribution in [0.25, 0.3) is 11.0 Å². The molecule has 5 rings (SSSR count). The highest BCUT2D eigenvalue weighted by molar-refractivity contribution is 5.84. The van der Waals surface area contributed by atoms with E-state index in [1.54, 1.807) is 0 Å². The minimum absolute atomic E-state index is 0.120. The van der Waals surface area contributed by atoms with Crippen molar-refractivity contribution in [3.8, 4) is 0 Å². The molecule has 1 atom stereocenters. The molecule has 1 N–H and O–H groups in total. The summed E-state index contributed by atoms with van der Waals surface area (Å²) in [6.45, 7) is 6.37. The Hall–Kier alpha value is -3.60. The van der Waals surface area contributed by atoms with Gasteiger partial charge in [-0.2, -0.15) is 0 Å². The highest BCUT2D eigenvalue weighted by Crippen LogP contribution is 2.25. The standard InChI is InChI=1S/C29H32N4O/c1-21-9-13-23(14-10-21)19-27(28(34)31-17-5-6-18-31)33-26-8-4-3-7-25(26)32(29(33)30)20-24-15-11-22(2)12-16-24/h3-4,7-16,27,30H,5-6,17-20H2,1-2H3. The number of amides is 1. The summed E-state index contributed by atoms with van der Waals surface area (Å²) in [6.07, 6.45) is 2.68. The SMILES string of the molecule is Cc1ccc(CC(C(=O)N2CCCC2)n2c(=N)n(Cc3ccc(C)cc3)c3ccccc32)cc1. The van der Waals surface area contributed by atoms with Crippen molar-refractivity contribution in [3.05, 3.63) is 101 Å². The predicted octanol–water partition coefficient (Wildman–Crippen LogP) is 4.99. The molecule has 0 bridgehead atoms. The molecular weight excluding hydrogens is 420 g/mol. The Labute approximate surface area is 200 Å². The fourth-order valence-corrected chi connectivity index (χ4v) is 4.99. The molecule has 1 saturated heterocycles. The first-order chi connectivity index (χ1) is 16.5. The van der Waals surface area contributed by atoms with E-state index in [9.17, 15) is 10.2 Å². The summed E-state index contributed by atoms with van der Waals surface area (Å²) in [5.41, 5.74) is 6.97. The Bertz CT molecular complexity index is 1360. The topological polar surface area (TPSA) is 54.0 Å². The van der Waals surface area contributed by atoms with E-state index in [4.69, 9.17) is 0 Å². The number of rotatable bonds is 6. The van der Waals surface area contributed by atoms with Crippen molar-refractivity contribution in [1.82, 2.24) is 14.0 Å². The first kappa shape index (κ1) is 22.2. The Morgan fingerprint density at radius 2 is 1.38 bits per heavy atom. The average Bonchev–Trinajstić information content (AvgIpc) is 3.48. The van der Waals surface area contributed by atoms with E-state index in [2.05, 4.69) is 68.4 Å². The van der Waals surface area contributed by atoms with Gasteiger partial charge in [-0.25, -0.2) is 0 Å². The third kappa shape index (κ3) is 4.30. The molecule has 5 nitrogen and oxygen atoms in total. The van der Waals surface area contributed by atoms with E-state index in [0.29, 0.717) is 18.6 Å². The van der Waals surface area contributed by atoms with Gasteiger partial charge in [0.05, 0.1) is 17.6 Å². The fraction of sp³-hybridized carbons (Fsp3) is 0.310. The molecule has 5 heteroatoms. The van der Waals surface area contributed by atoms with Crippen molar-refractivity contribution in [2.24, 2.45) is 0 Å². The lowest BCUT2D eigenvalue weighted by Gasteiger charge is -2.25. The normalized spacial score (nSPS) is 14.6. The van der Waals surface area contributed by atoms with Gasteiger partial charge in [-0.05, 0) is 49.9 Å². The molecule has 1 amide bonds. The van der Waals surface area contributed by atoms with Gasteiger partial charge in [0, 0.05) is 19.5 Å². The summed E-state index contributed by atoms with van der Waals surface area (Å²) in [6, 6.07) is 24.5. The maximum Gasteiger partial charge on any atom is 0.246 e. The van der Waals surface area contributed by atoms with Gasteiger partial charge in [0.15, 0.2) is 0 Å². The smallest absolute Gasteiger partial charge is 0.246 e. The Balaban J connectivity index is 1.62. The lowest BCUT2D eigenvalue weighted by atomic mass is 10.0. The fourth-order valence-electron chi connectivity index (χ4n) is 4.99. The third-order valence-electron chi connectivity index (χ3n) is 6.94. The monoisotopic (exact) mass is 452 g/mol. The summed E-state index contributed by atoms with van der Waals surface area (Å²) in [4.78, 5) is 15.8. The quantitative estimate of drug-likeness (QED) is 0.440. The van der Waals surface area contributed by atoms with E-state index in [1.807, 2.05) is 32.2 Å². The van der Waals surface area contributed by atoms with Crippen molar-refractivity contribution >= 4 is 16.9 Å². The van der Waals surface area contributed by atoms with Gasteiger partial charge in [-0.3, -0.25) is 14.8 Å². The first-order valence-electron chi connectivity index (χ1n) is 12.2. The number of imidazole rings is 1. The number of hydrogen-bond donors (Lipinski definition) is 1. The highest BCUT2D eigenvalue weighted by Gasteiger charge is 2.30. The molecule has 0 aliphatic carbocycles. The minimum atomic E-state index is -0.447. The second-order valence-electron chi connectivity index (χ2n) is 9.49. The molecule has 3 aromatic carbocycles. The van der Waals surface area contributed by atoms with Gasteiger partial charge in [-0.1, -0.05) is 71.8 Å². The molecule has 0 saturated carbocycles. The van der Waals surface area contributed by atoms with Gasteiger partial charge in [0.2, 0.25) is 11.5 Å². The molecule has 1 fully saturated rings. The lowest BCUT2D eigenvalue weighted by molar-refractivity contribution is -0.133. The molecule has 2 heterocycles. The number of benzene rings is 3. The van der Waals surface area contributed by atoms with Crippen LogP contribution < -0.4 is 5.62 Å². The van der Waals surface area contributed by atoms with Crippen LogP contribution in [0.15, 0.2) is 72.8 Å². The van der Waals surface area contributed by atoms with Crippen molar-refractivity contribution < 1.29 is 4.79 Å². The molecule has 1 aliphatic heterocycles. The summed E-state index contributed by atoms with van der Waals surface area (Å²) in [7, 11) is 0. The summed E-state index contributed by atoms with van der Waals surface area (Å²) < 4.78 is 3.99. The van der Waals surface area contributed by atoms with Crippen LogP contribution in [0.2, 0.25) is 0 Å². The van der Waals surface area contributed by atoms with Crippen LogP contribution in [0.4, 0.5) is 0 Å². The Kier molecular flexibility index (Phi) is 6.10. The molecule has 1 unspecified atom stereocenters. The van der Waals surface area contributed by atoms with Gasteiger partial charge in [-0.15, -0.1) is 0 Å². The lowest BCUT2D eigenvalue weighted by Crippen LogP contribution is -2.40. The summed E-state index contributed by atoms with van der Waals surface area (Å²) >= 11 is 0. The van der Waals surface area contributed by atoms with Crippen LogP contribution in [-0.2, 0) is 17.8 Å². The van der Waals surface area contributed by atoms with Crippen molar-refractivity contribution in [1.29, 1.82) is 5.41 Å². The number of para-hydroxylation sites is 2. The first-order valence-corrected chi connectivity index (χ1v) is 12.2. The van der Waals surface area contributed by atoms with Crippen molar-refractivity contribution in [3.63, 3.8) is 0 Å². The molecule has 0 radical (unpaired) electrons. The van der Waals surface area contributed by atoms with Crippen LogP contribution in [0.3, 0.4) is 0 Å². The number of nitrogens with zero attached hydrogens (tertiary/aromatic N) is 3. The number of aryl methyl sites for hydroxylation is 2. The molecule has 174 valence electrons. The van der Waals surface area contributed by atoms with Crippen molar-refractivity contribution in [2.45, 2.75) is 45.7 Å². The van der Waals surface area contributed by atoms with Gasteiger partial charge < -0.3 is 9.47 Å². The number of aromatic nitrogens is 2. The van der Waals surface area contributed by atoms with Crippen LogP contribution in [0, 0.1) is 19.3 Å². The van der Waals surface area contributed by atoms with Crippen molar-refractivity contribution in [2.75, 3.05) is 13.1 Å². The minimum Gasteiger partial charge on any atom is -0.341 e. The van der Waals surface area contributed by atoms with Crippen LogP contribution in [0.5, 0.6) is 0 Å². The summed E-state index contributed by atoms with van der Waals surface area (Å²) in [5, 5.41) is 9.22.